The maximum Gasteiger partial charge on any atom is 0.0297 e. The minimum Gasteiger partial charge on any atom is -0.324 e. The Hall–Kier alpha value is -0.470. The summed E-state index contributed by atoms with van der Waals surface area (Å²) >= 11 is 2.10. The van der Waals surface area contributed by atoms with Crippen LogP contribution in [0.25, 0.3) is 0 Å². The van der Waals surface area contributed by atoms with Crippen LogP contribution < -0.4 is 5.73 Å². The summed E-state index contributed by atoms with van der Waals surface area (Å²) in [5, 5.41) is 0. The third-order valence-electron chi connectivity index (χ3n) is 4.48. The van der Waals surface area contributed by atoms with Gasteiger partial charge in [-0.3, -0.25) is 0 Å². The van der Waals surface area contributed by atoms with E-state index in [4.69, 9.17) is 5.73 Å². The summed E-state index contributed by atoms with van der Waals surface area (Å²) in [6.45, 7) is 0. The van der Waals surface area contributed by atoms with E-state index in [1.54, 1.807) is 11.1 Å². The van der Waals surface area contributed by atoms with Crippen molar-refractivity contribution in [1.29, 1.82) is 0 Å². The lowest BCUT2D eigenvalue weighted by atomic mass is 9.90. The number of hydrogen-bond donors (Lipinski definition) is 1. The Labute approximate surface area is 115 Å². The number of rotatable bonds is 3. The van der Waals surface area contributed by atoms with Crippen LogP contribution in [0.2, 0.25) is 0 Å². The van der Waals surface area contributed by atoms with Gasteiger partial charge < -0.3 is 5.73 Å². The number of benzene rings is 1. The third kappa shape index (κ3) is 2.75. The van der Waals surface area contributed by atoms with Crippen LogP contribution in [0.4, 0.5) is 0 Å². The van der Waals surface area contributed by atoms with Crippen molar-refractivity contribution in [1.82, 2.24) is 0 Å². The lowest BCUT2D eigenvalue weighted by Crippen LogP contribution is -2.19. The van der Waals surface area contributed by atoms with Crippen molar-refractivity contribution in [2.75, 3.05) is 11.5 Å². The van der Waals surface area contributed by atoms with Crippen molar-refractivity contribution >= 4 is 11.8 Å². The highest BCUT2D eigenvalue weighted by atomic mass is 32.2. The van der Waals surface area contributed by atoms with Gasteiger partial charge in [0.25, 0.3) is 0 Å². The molecule has 1 aliphatic heterocycles. The van der Waals surface area contributed by atoms with Gasteiger partial charge in [-0.05, 0) is 72.6 Å². The quantitative estimate of drug-likeness (QED) is 0.897. The molecule has 0 radical (unpaired) electrons. The summed E-state index contributed by atoms with van der Waals surface area (Å²) in [6.07, 6.45) is 7.76. The Balaban J connectivity index is 1.66. The molecule has 1 nitrogen and oxygen atoms in total. The third-order valence-corrected chi connectivity index (χ3v) is 5.53. The van der Waals surface area contributed by atoms with Gasteiger partial charge in [-0.25, -0.2) is 0 Å². The fourth-order valence-electron chi connectivity index (χ4n) is 3.30. The number of aryl methyl sites for hydroxylation is 2. The normalized spacial score (nSPS) is 21.8. The highest BCUT2D eigenvalue weighted by Crippen LogP contribution is 2.31. The van der Waals surface area contributed by atoms with Crippen LogP contribution in [0.1, 0.15) is 48.4 Å². The van der Waals surface area contributed by atoms with Gasteiger partial charge in [-0.1, -0.05) is 18.2 Å². The summed E-state index contributed by atoms with van der Waals surface area (Å²) in [6, 6.07) is 7.22. The molecule has 1 atom stereocenters. The Morgan fingerprint density at radius 3 is 2.78 bits per heavy atom. The molecular formula is C16H23NS. The van der Waals surface area contributed by atoms with Crippen molar-refractivity contribution < 1.29 is 0 Å². The predicted octanol–water partition coefficient (Wildman–Crippen LogP) is 3.71. The standard InChI is InChI=1S/C16H23NS/c17-16(10-12-6-8-18-9-7-12)15-5-4-13-2-1-3-14(13)11-15/h4-5,11-12,16H,1-3,6-10,17H2. The zero-order valence-corrected chi connectivity index (χ0v) is 11.8. The van der Waals surface area contributed by atoms with Crippen molar-refractivity contribution in [2.45, 2.75) is 44.6 Å². The lowest BCUT2D eigenvalue weighted by molar-refractivity contribution is 0.413. The molecule has 1 aromatic carbocycles. The second-order valence-electron chi connectivity index (χ2n) is 5.78. The SMILES string of the molecule is NC(CC1CCSCC1)c1ccc2c(c1)CCC2. The first-order valence-electron chi connectivity index (χ1n) is 7.28. The fourth-order valence-corrected chi connectivity index (χ4v) is 4.50. The molecule has 1 heterocycles. The number of fused-ring (bicyclic) bond motifs is 1. The molecule has 1 aromatic rings. The van der Waals surface area contributed by atoms with Gasteiger partial charge in [-0.2, -0.15) is 11.8 Å². The molecule has 0 spiro atoms. The zero-order chi connectivity index (χ0) is 12.4. The molecule has 3 rings (SSSR count). The van der Waals surface area contributed by atoms with Crippen LogP contribution >= 0.6 is 11.8 Å². The topological polar surface area (TPSA) is 26.0 Å². The molecular weight excluding hydrogens is 238 g/mol. The fraction of sp³-hybridized carbons (Fsp3) is 0.625. The van der Waals surface area contributed by atoms with E-state index < -0.39 is 0 Å². The van der Waals surface area contributed by atoms with E-state index in [0.717, 1.165) is 5.92 Å². The molecule has 1 saturated heterocycles. The van der Waals surface area contributed by atoms with E-state index in [-0.39, 0.29) is 6.04 Å². The molecule has 1 aliphatic carbocycles. The van der Waals surface area contributed by atoms with Crippen molar-refractivity contribution in [2.24, 2.45) is 11.7 Å². The van der Waals surface area contributed by atoms with Crippen molar-refractivity contribution in [3.05, 3.63) is 34.9 Å². The van der Waals surface area contributed by atoms with E-state index in [1.165, 1.54) is 55.6 Å². The van der Waals surface area contributed by atoms with Gasteiger partial charge in [0.2, 0.25) is 0 Å². The largest absolute Gasteiger partial charge is 0.324 e. The van der Waals surface area contributed by atoms with Gasteiger partial charge in [0.05, 0.1) is 0 Å². The van der Waals surface area contributed by atoms with Gasteiger partial charge in [0.1, 0.15) is 0 Å². The first-order valence-corrected chi connectivity index (χ1v) is 8.43. The Morgan fingerprint density at radius 1 is 1.17 bits per heavy atom. The van der Waals surface area contributed by atoms with Crippen LogP contribution in [0, 0.1) is 5.92 Å². The molecule has 1 fully saturated rings. The van der Waals surface area contributed by atoms with Crippen LogP contribution in [-0.2, 0) is 12.8 Å². The average molecular weight is 261 g/mol. The van der Waals surface area contributed by atoms with Gasteiger partial charge >= 0.3 is 0 Å². The zero-order valence-electron chi connectivity index (χ0n) is 11.0. The van der Waals surface area contributed by atoms with Crippen LogP contribution in [0.15, 0.2) is 18.2 Å². The van der Waals surface area contributed by atoms with E-state index in [1.807, 2.05) is 0 Å². The molecule has 0 aromatic heterocycles. The maximum absolute atomic E-state index is 6.41. The van der Waals surface area contributed by atoms with Gasteiger partial charge in [-0.15, -0.1) is 0 Å². The number of nitrogens with two attached hydrogens (primary N) is 1. The van der Waals surface area contributed by atoms with E-state index in [2.05, 4.69) is 30.0 Å². The lowest BCUT2D eigenvalue weighted by Gasteiger charge is -2.24. The van der Waals surface area contributed by atoms with Crippen LogP contribution in [0.5, 0.6) is 0 Å². The highest BCUT2D eigenvalue weighted by molar-refractivity contribution is 7.99. The average Bonchev–Trinajstić information content (AvgIpc) is 2.87. The monoisotopic (exact) mass is 261 g/mol. The smallest absolute Gasteiger partial charge is 0.0297 e. The minimum absolute atomic E-state index is 0.254. The van der Waals surface area contributed by atoms with E-state index in [0.29, 0.717) is 0 Å². The molecule has 98 valence electrons. The van der Waals surface area contributed by atoms with Gasteiger partial charge in [0, 0.05) is 6.04 Å². The molecule has 2 heteroatoms. The molecule has 0 bridgehead atoms. The molecule has 2 aliphatic rings. The Bertz CT molecular complexity index is 410. The summed E-state index contributed by atoms with van der Waals surface area (Å²) in [4.78, 5) is 0. The second-order valence-corrected chi connectivity index (χ2v) is 7.00. The molecule has 2 N–H and O–H groups in total. The Kier molecular flexibility index (Phi) is 3.95. The maximum atomic E-state index is 6.41. The van der Waals surface area contributed by atoms with Crippen molar-refractivity contribution in [3.63, 3.8) is 0 Å². The second kappa shape index (κ2) is 5.66. The number of thioether (sulfide) groups is 1. The van der Waals surface area contributed by atoms with Gasteiger partial charge in [0.15, 0.2) is 0 Å². The van der Waals surface area contributed by atoms with Crippen LogP contribution in [-0.4, -0.2) is 11.5 Å². The summed E-state index contributed by atoms with van der Waals surface area (Å²) in [7, 11) is 0. The number of hydrogen-bond acceptors (Lipinski definition) is 2. The summed E-state index contributed by atoms with van der Waals surface area (Å²) in [5.74, 6) is 3.53. The first kappa shape index (κ1) is 12.6. The van der Waals surface area contributed by atoms with E-state index in [9.17, 15) is 0 Å². The highest BCUT2D eigenvalue weighted by Gasteiger charge is 2.19. The first-order chi connectivity index (χ1) is 8.83. The molecule has 18 heavy (non-hydrogen) atoms. The molecule has 0 amide bonds. The van der Waals surface area contributed by atoms with E-state index >= 15 is 0 Å². The summed E-state index contributed by atoms with van der Waals surface area (Å²) in [5.41, 5.74) is 10.9. The molecule has 0 saturated carbocycles. The van der Waals surface area contributed by atoms with Crippen molar-refractivity contribution in [3.8, 4) is 0 Å². The van der Waals surface area contributed by atoms with Crippen LogP contribution in [0.3, 0.4) is 0 Å². The summed E-state index contributed by atoms with van der Waals surface area (Å²) < 4.78 is 0. The Morgan fingerprint density at radius 2 is 1.94 bits per heavy atom. The predicted molar refractivity (Wildman–Crippen MR) is 80.1 cm³/mol. The minimum atomic E-state index is 0.254. The molecule has 1 unspecified atom stereocenters.